The van der Waals surface area contributed by atoms with Crippen LogP contribution >= 0.6 is 22.9 Å². The van der Waals surface area contributed by atoms with Crippen molar-refractivity contribution < 1.29 is 9.53 Å². The average Bonchev–Trinajstić information content (AvgIpc) is 3.32. The van der Waals surface area contributed by atoms with E-state index in [9.17, 15) is 9.59 Å². The number of fused-ring (bicyclic) bond motifs is 1. The molecule has 0 saturated carbocycles. The summed E-state index contributed by atoms with van der Waals surface area (Å²) in [5.74, 6) is -0.502. The van der Waals surface area contributed by atoms with Crippen LogP contribution in [-0.4, -0.2) is 30.2 Å². The van der Waals surface area contributed by atoms with Gasteiger partial charge in [0.1, 0.15) is 0 Å². The molecule has 0 radical (unpaired) electrons. The third kappa shape index (κ3) is 5.52. The van der Waals surface area contributed by atoms with Crippen molar-refractivity contribution in [2.45, 2.75) is 32.2 Å². The Morgan fingerprint density at radius 1 is 1.00 bits per heavy atom. The maximum absolute atomic E-state index is 14.0. The number of benzene rings is 3. The van der Waals surface area contributed by atoms with Crippen LogP contribution in [0.1, 0.15) is 48.9 Å². The number of hydrogen-bond acceptors (Lipinski definition) is 6. The first-order valence-corrected chi connectivity index (χ1v) is 15.1. The molecule has 1 aromatic heterocycles. The van der Waals surface area contributed by atoms with Crippen LogP contribution in [0.3, 0.4) is 0 Å². The van der Waals surface area contributed by atoms with Crippen LogP contribution in [0.5, 0.6) is 0 Å². The molecule has 2 aliphatic rings. The molecule has 0 spiro atoms. The zero-order valence-corrected chi connectivity index (χ0v) is 24.3. The third-order valence-corrected chi connectivity index (χ3v) is 8.71. The number of hydrogen-bond donors (Lipinski definition) is 0. The summed E-state index contributed by atoms with van der Waals surface area (Å²) in [5, 5.41) is 0.569. The summed E-state index contributed by atoms with van der Waals surface area (Å²) in [6.45, 7) is 4.13. The van der Waals surface area contributed by atoms with Crippen molar-refractivity contribution in [2.75, 3.05) is 24.6 Å². The van der Waals surface area contributed by atoms with Crippen molar-refractivity contribution in [3.8, 4) is 0 Å². The molecule has 4 aromatic rings. The minimum atomic E-state index is -0.721. The summed E-state index contributed by atoms with van der Waals surface area (Å²) in [6.07, 6.45) is 5.63. The maximum atomic E-state index is 14.0. The number of aromatic nitrogens is 1. The fourth-order valence-corrected chi connectivity index (χ4v) is 6.61. The highest BCUT2D eigenvalue weighted by atomic mass is 35.5. The second-order valence-electron chi connectivity index (χ2n) is 10.1. The van der Waals surface area contributed by atoms with Crippen molar-refractivity contribution in [1.29, 1.82) is 0 Å². The lowest BCUT2D eigenvalue weighted by molar-refractivity contribution is -0.138. The van der Waals surface area contributed by atoms with E-state index in [-0.39, 0.29) is 12.2 Å². The molecule has 0 bridgehead atoms. The minimum absolute atomic E-state index is 0.204. The number of thiazole rings is 1. The van der Waals surface area contributed by atoms with Crippen LogP contribution in [0.2, 0.25) is 5.02 Å². The first-order valence-electron chi connectivity index (χ1n) is 13.9. The average molecular weight is 584 g/mol. The minimum Gasteiger partial charge on any atom is -0.463 e. The van der Waals surface area contributed by atoms with Gasteiger partial charge in [-0.05, 0) is 67.7 Å². The Kier molecular flexibility index (Phi) is 7.90. The van der Waals surface area contributed by atoms with Crippen LogP contribution in [0.4, 0.5) is 5.69 Å². The van der Waals surface area contributed by atoms with Gasteiger partial charge in [-0.2, -0.15) is 0 Å². The Bertz CT molecular complexity index is 1770. The summed E-state index contributed by atoms with van der Waals surface area (Å²) in [6, 6.07) is 24.4. The fourth-order valence-electron chi connectivity index (χ4n) is 5.49. The topological polar surface area (TPSA) is 63.9 Å². The predicted molar refractivity (Wildman–Crippen MR) is 165 cm³/mol. The third-order valence-electron chi connectivity index (χ3n) is 7.47. The smallest absolute Gasteiger partial charge is 0.338 e. The number of rotatable bonds is 6. The number of piperidine rings is 1. The van der Waals surface area contributed by atoms with E-state index < -0.39 is 12.0 Å². The molecule has 0 unspecified atom stereocenters. The van der Waals surface area contributed by atoms with E-state index in [2.05, 4.69) is 29.2 Å². The number of halogens is 1. The molecule has 1 saturated heterocycles. The Morgan fingerprint density at radius 2 is 1.71 bits per heavy atom. The zero-order chi connectivity index (χ0) is 28.3. The maximum Gasteiger partial charge on any atom is 0.338 e. The van der Waals surface area contributed by atoms with Crippen molar-refractivity contribution in [2.24, 2.45) is 4.99 Å². The van der Waals surface area contributed by atoms with E-state index in [0.717, 1.165) is 29.8 Å². The molecule has 41 heavy (non-hydrogen) atoms. The van der Waals surface area contributed by atoms with Gasteiger partial charge in [0.15, 0.2) is 4.80 Å². The molecule has 3 aromatic carbocycles. The van der Waals surface area contributed by atoms with Gasteiger partial charge in [-0.3, -0.25) is 9.36 Å². The van der Waals surface area contributed by atoms with Gasteiger partial charge in [0.05, 0.1) is 28.5 Å². The Morgan fingerprint density at radius 3 is 2.39 bits per heavy atom. The van der Waals surface area contributed by atoms with E-state index >= 15 is 0 Å². The molecule has 3 heterocycles. The summed E-state index contributed by atoms with van der Waals surface area (Å²) in [5.41, 5.74) is 4.29. The van der Waals surface area contributed by atoms with E-state index in [1.807, 2.05) is 48.5 Å². The molecule has 0 amide bonds. The lowest BCUT2D eigenvalue weighted by Crippen LogP contribution is -2.40. The Hall–Kier alpha value is -3.94. The van der Waals surface area contributed by atoms with Crippen LogP contribution in [-0.2, 0) is 9.53 Å². The lowest BCUT2D eigenvalue weighted by Gasteiger charge is -2.28. The van der Waals surface area contributed by atoms with Crippen molar-refractivity contribution >= 4 is 46.4 Å². The molecule has 208 valence electrons. The molecule has 2 aliphatic heterocycles. The summed E-state index contributed by atoms with van der Waals surface area (Å²) in [7, 11) is 0. The SMILES string of the molecule is CCOC(=O)C1=C(c2ccccc2)N=c2s/c(=C/c3ccc(N4CCCCC4)cc3)c(=O)n2[C@H]1c1ccc(Cl)cc1. The van der Waals surface area contributed by atoms with Crippen LogP contribution in [0.25, 0.3) is 11.8 Å². The molecular formula is C33H30ClN3O3S. The van der Waals surface area contributed by atoms with Gasteiger partial charge in [0, 0.05) is 29.4 Å². The van der Waals surface area contributed by atoms with E-state index in [1.165, 1.54) is 36.3 Å². The number of ether oxygens (including phenoxy) is 1. The summed E-state index contributed by atoms with van der Waals surface area (Å²) < 4.78 is 7.68. The van der Waals surface area contributed by atoms with Gasteiger partial charge in [-0.25, -0.2) is 9.79 Å². The van der Waals surface area contributed by atoms with E-state index in [1.54, 1.807) is 23.6 Å². The molecular weight excluding hydrogens is 554 g/mol. The summed E-state index contributed by atoms with van der Waals surface area (Å²) >= 11 is 7.54. The lowest BCUT2D eigenvalue weighted by atomic mass is 9.93. The molecule has 1 atom stereocenters. The van der Waals surface area contributed by atoms with Crippen molar-refractivity contribution in [3.05, 3.63) is 126 Å². The van der Waals surface area contributed by atoms with Gasteiger partial charge in [0.2, 0.25) is 0 Å². The van der Waals surface area contributed by atoms with Crippen LogP contribution < -0.4 is 19.8 Å². The molecule has 0 aliphatic carbocycles. The number of nitrogens with zero attached hydrogens (tertiary/aromatic N) is 3. The quantitative estimate of drug-likeness (QED) is 0.278. The highest BCUT2D eigenvalue weighted by Gasteiger charge is 2.35. The van der Waals surface area contributed by atoms with Gasteiger partial charge < -0.3 is 9.64 Å². The van der Waals surface area contributed by atoms with Gasteiger partial charge in [-0.1, -0.05) is 77.5 Å². The molecule has 6 rings (SSSR count). The van der Waals surface area contributed by atoms with Gasteiger partial charge in [-0.15, -0.1) is 0 Å². The number of carbonyl (C=O) groups is 1. The molecule has 6 nitrogen and oxygen atoms in total. The van der Waals surface area contributed by atoms with Crippen LogP contribution in [0.15, 0.2) is 94.2 Å². The monoisotopic (exact) mass is 583 g/mol. The number of anilines is 1. The second-order valence-corrected chi connectivity index (χ2v) is 11.6. The van der Waals surface area contributed by atoms with Crippen molar-refractivity contribution in [1.82, 2.24) is 4.57 Å². The number of carbonyl (C=O) groups excluding carboxylic acids is 1. The van der Waals surface area contributed by atoms with Gasteiger partial charge in [0.25, 0.3) is 5.56 Å². The van der Waals surface area contributed by atoms with Crippen LogP contribution in [0, 0.1) is 0 Å². The largest absolute Gasteiger partial charge is 0.463 e. The Balaban J connectivity index is 1.51. The first-order chi connectivity index (χ1) is 20.0. The highest BCUT2D eigenvalue weighted by Crippen LogP contribution is 2.35. The van der Waals surface area contributed by atoms with E-state index in [0.29, 0.717) is 25.6 Å². The normalized spacial score (nSPS) is 17.3. The molecule has 1 fully saturated rings. The highest BCUT2D eigenvalue weighted by molar-refractivity contribution is 7.07. The molecule has 8 heteroatoms. The fraction of sp³-hybridized carbons (Fsp3) is 0.242. The summed E-state index contributed by atoms with van der Waals surface area (Å²) in [4.78, 5) is 35.4. The Labute approximate surface area is 247 Å². The van der Waals surface area contributed by atoms with E-state index in [4.69, 9.17) is 21.3 Å². The first kappa shape index (κ1) is 27.2. The second kappa shape index (κ2) is 11.9. The standard InChI is InChI=1S/C33H30ClN3O3S/c1-2-40-32(39)28-29(23-9-5-3-6-10-23)35-33-37(30(28)24-13-15-25(34)16-14-24)31(38)27(41-33)21-22-11-17-26(18-12-22)36-19-7-4-8-20-36/h3,5-6,9-18,21,30H,2,4,7-8,19-20H2,1H3/b27-21+/t30-/m0/s1. The van der Waals surface area contributed by atoms with Gasteiger partial charge >= 0.3 is 5.97 Å². The zero-order valence-electron chi connectivity index (χ0n) is 22.8. The van der Waals surface area contributed by atoms with Crippen molar-refractivity contribution in [3.63, 3.8) is 0 Å². The predicted octanol–water partition coefficient (Wildman–Crippen LogP) is 5.58. The number of esters is 1. The molecule has 0 N–H and O–H groups in total.